The Labute approximate surface area is 193 Å². The number of methoxy groups -OCH3 is 2. The van der Waals surface area contributed by atoms with Crippen LogP contribution in [0.15, 0.2) is 23.4 Å². The van der Waals surface area contributed by atoms with Crippen molar-refractivity contribution in [2.45, 2.75) is 62.2 Å². The first kappa shape index (κ1) is 22.9. The second-order valence-electron chi connectivity index (χ2n) is 8.27. The van der Waals surface area contributed by atoms with Gasteiger partial charge in [-0.2, -0.15) is 0 Å². The minimum atomic E-state index is -0.00337. The van der Waals surface area contributed by atoms with Gasteiger partial charge in [0.25, 0.3) is 0 Å². The highest BCUT2D eigenvalue weighted by atomic mass is 32.2. The molecule has 174 valence electrons. The van der Waals surface area contributed by atoms with E-state index >= 15 is 0 Å². The van der Waals surface area contributed by atoms with Gasteiger partial charge in [-0.05, 0) is 43.9 Å². The van der Waals surface area contributed by atoms with E-state index < -0.39 is 0 Å². The number of amides is 1. The number of hydrogen-bond acceptors (Lipinski definition) is 7. The number of benzene rings is 1. The molecule has 0 radical (unpaired) electrons. The number of carbonyl (C=O) groups is 1. The standard InChI is InChI=1S/C23H32N4O4S/c1-29-19-11-10-16(13-20(19)30-2)22-25-26-23(27(22)17-7-4-3-5-8-17)32-15-21(28)24-14-18-9-6-12-31-18/h10-11,13,17-18H,3-9,12,14-15H2,1-2H3,(H,24,28). The molecule has 1 atom stereocenters. The zero-order chi connectivity index (χ0) is 22.3. The first-order valence-corrected chi connectivity index (χ1v) is 12.4. The van der Waals surface area contributed by atoms with Crippen molar-refractivity contribution in [3.8, 4) is 22.9 Å². The van der Waals surface area contributed by atoms with Crippen LogP contribution in [0.25, 0.3) is 11.4 Å². The Balaban J connectivity index is 1.52. The lowest BCUT2D eigenvalue weighted by Crippen LogP contribution is -2.33. The number of rotatable bonds is 9. The molecule has 1 saturated carbocycles. The van der Waals surface area contributed by atoms with Gasteiger partial charge < -0.3 is 19.5 Å². The van der Waals surface area contributed by atoms with E-state index in [0.717, 1.165) is 48.8 Å². The molecule has 2 heterocycles. The quantitative estimate of drug-likeness (QED) is 0.569. The summed E-state index contributed by atoms with van der Waals surface area (Å²) in [5.74, 6) is 2.45. The third kappa shape index (κ3) is 5.38. The number of aromatic nitrogens is 3. The van der Waals surface area contributed by atoms with Crippen LogP contribution in [-0.2, 0) is 9.53 Å². The van der Waals surface area contributed by atoms with Gasteiger partial charge in [-0.25, -0.2) is 0 Å². The number of thioether (sulfide) groups is 1. The van der Waals surface area contributed by atoms with Crippen molar-refractivity contribution in [3.05, 3.63) is 18.2 Å². The molecule has 8 nitrogen and oxygen atoms in total. The second kappa shape index (κ2) is 11.0. The van der Waals surface area contributed by atoms with Crippen molar-refractivity contribution in [3.63, 3.8) is 0 Å². The van der Waals surface area contributed by atoms with Crippen LogP contribution in [0, 0.1) is 0 Å². The molecule has 1 saturated heterocycles. The average molecular weight is 461 g/mol. The highest BCUT2D eigenvalue weighted by Gasteiger charge is 2.25. The molecule has 9 heteroatoms. The van der Waals surface area contributed by atoms with E-state index in [1.165, 1.54) is 31.0 Å². The third-order valence-electron chi connectivity index (χ3n) is 6.13. The van der Waals surface area contributed by atoms with Crippen molar-refractivity contribution >= 4 is 17.7 Å². The van der Waals surface area contributed by atoms with Crippen molar-refractivity contribution in [1.29, 1.82) is 0 Å². The molecule has 4 rings (SSSR count). The molecule has 1 unspecified atom stereocenters. The number of nitrogens with one attached hydrogen (secondary N) is 1. The van der Waals surface area contributed by atoms with Crippen LogP contribution in [0.5, 0.6) is 11.5 Å². The normalized spacial score (nSPS) is 19.1. The largest absolute Gasteiger partial charge is 0.493 e. The van der Waals surface area contributed by atoms with E-state index in [-0.39, 0.29) is 12.0 Å². The Bertz CT molecular complexity index is 907. The Kier molecular flexibility index (Phi) is 7.91. The van der Waals surface area contributed by atoms with Gasteiger partial charge in [0.2, 0.25) is 5.91 Å². The first-order valence-electron chi connectivity index (χ1n) is 11.4. The molecule has 0 spiro atoms. The number of nitrogens with zero attached hydrogens (tertiary/aromatic N) is 3. The Morgan fingerprint density at radius 3 is 2.66 bits per heavy atom. The SMILES string of the molecule is COc1ccc(-c2nnc(SCC(=O)NCC3CCCO3)n2C2CCCCC2)cc1OC. The lowest BCUT2D eigenvalue weighted by atomic mass is 9.95. The molecule has 1 aromatic heterocycles. The summed E-state index contributed by atoms with van der Waals surface area (Å²) in [6, 6.07) is 6.14. The summed E-state index contributed by atoms with van der Waals surface area (Å²) >= 11 is 1.44. The molecule has 1 aliphatic carbocycles. The predicted octanol–water partition coefficient (Wildman–Crippen LogP) is 3.85. The van der Waals surface area contributed by atoms with Crippen molar-refractivity contribution in [2.24, 2.45) is 0 Å². The summed E-state index contributed by atoms with van der Waals surface area (Å²) in [4.78, 5) is 12.4. The molecule has 2 fully saturated rings. The van der Waals surface area contributed by atoms with Gasteiger partial charge in [0.05, 0.1) is 26.1 Å². The Morgan fingerprint density at radius 1 is 1.12 bits per heavy atom. The molecule has 32 heavy (non-hydrogen) atoms. The fourth-order valence-electron chi connectivity index (χ4n) is 4.43. The molecular formula is C23H32N4O4S. The maximum Gasteiger partial charge on any atom is 0.230 e. The maximum absolute atomic E-state index is 12.4. The fraction of sp³-hybridized carbons (Fsp3) is 0.609. The first-order chi connectivity index (χ1) is 15.7. The minimum absolute atomic E-state index is 0.00337. The summed E-state index contributed by atoms with van der Waals surface area (Å²) in [5, 5.41) is 12.8. The minimum Gasteiger partial charge on any atom is -0.493 e. The fourth-order valence-corrected chi connectivity index (χ4v) is 5.27. The highest BCUT2D eigenvalue weighted by Crippen LogP contribution is 2.38. The van der Waals surface area contributed by atoms with Crippen LogP contribution in [-0.4, -0.2) is 59.9 Å². The monoisotopic (exact) mass is 460 g/mol. The van der Waals surface area contributed by atoms with E-state index in [0.29, 0.717) is 29.8 Å². The summed E-state index contributed by atoms with van der Waals surface area (Å²) < 4.78 is 18.7. The van der Waals surface area contributed by atoms with E-state index in [9.17, 15) is 4.79 Å². The van der Waals surface area contributed by atoms with Gasteiger partial charge >= 0.3 is 0 Å². The van der Waals surface area contributed by atoms with Gasteiger partial charge in [0.15, 0.2) is 22.5 Å². The highest BCUT2D eigenvalue weighted by molar-refractivity contribution is 7.99. The average Bonchev–Trinajstić information content (AvgIpc) is 3.51. The molecular weight excluding hydrogens is 428 g/mol. The lowest BCUT2D eigenvalue weighted by Gasteiger charge is -2.25. The Morgan fingerprint density at radius 2 is 1.94 bits per heavy atom. The van der Waals surface area contributed by atoms with Crippen molar-refractivity contribution in [2.75, 3.05) is 33.1 Å². The lowest BCUT2D eigenvalue weighted by molar-refractivity contribution is -0.119. The van der Waals surface area contributed by atoms with Gasteiger partial charge in [-0.3, -0.25) is 9.36 Å². The summed E-state index contributed by atoms with van der Waals surface area (Å²) in [6.07, 6.45) is 8.07. The van der Waals surface area contributed by atoms with E-state index in [4.69, 9.17) is 14.2 Å². The van der Waals surface area contributed by atoms with Crippen LogP contribution < -0.4 is 14.8 Å². The number of ether oxygens (including phenoxy) is 3. The van der Waals surface area contributed by atoms with Gasteiger partial charge in [0.1, 0.15) is 0 Å². The van der Waals surface area contributed by atoms with E-state index in [1.807, 2.05) is 18.2 Å². The molecule has 0 bridgehead atoms. The third-order valence-corrected chi connectivity index (χ3v) is 7.07. The molecule has 2 aliphatic rings. The van der Waals surface area contributed by atoms with E-state index in [2.05, 4.69) is 20.1 Å². The van der Waals surface area contributed by atoms with Gasteiger partial charge in [-0.15, -0.1) is 10.2 Å². The molecule has 2 aromatic rings. The number of carbonyl (C=O) groups excluding carboxylic acids is 1. The summed E-state index contributed by atoms with van der Waals surface area (Å²) in [5.41, 5.74) is 0.926. The van der Waals surface area contributed by atoms with Crippen LogP contribution in [0.1, 0.15) is 51.0 Å². The van der Waals surface area contributed by atoms with Crippen LogP contribution >= 0.6 is 11.8 Å². The topological polar surface area (TPSA) is 87.5 Å². The van der Waals surface area contributed by atoms with Crippen LogP contribution in [0.4, 0.5) is 0 Å². The zero-order valence-electron chi connectivity index (χ0n) is 18.8. The summed E-state index contributed by atoms with van der Waals surface area (Å²) in [6.45, 7) is 1.37. The predicted molar refractivity (Wildman–Crippen MR) is 123 cm³/mol. The van der Waals surface area contributed by atoms with Crippen molar-refractivity contribution in [1.82, 2.24) is 20.1 Å². The zero-order valence-corrected chi connectivity index (χ0v) is 19.7. The van der Waals surface area contributed by atoms with Crippen LogP contribution in [0.3, 0.4) is 0 Å². The van der Waals surface area contributed by atoms with E-state index in [1.54, 1.807) is 14.2 Å². The molecule has 1 N–H and O–H groups in total. The van der Waals surface area contributed by atoms with Crippen LogP contribution in [0.2, 0.25) is 0 Å². The van der Waals surface area contributed by atoms with Gasteiger partial charge in [-0.1, -0.05) is 31.0 Å². The molecule has 1 amide bonds. The smallest absolute Gasteiger partial charge is 0.230 e. The Hall–Kier alpha value is -2.26. The molecule has 1 aromatic carbocycles. The second-order valence-corrected chi connectivity index (χ2v) is 9.21. The number of hydrogen-bond donors (Lipinski definition) is 1. The maximum atomic E-state index is 12.4. The molecule has 1 aliphatic heterocycles. The summed E-state index contributed by atoms with van der Waals surface area (Å²) in [7, 11) is 3.25. The van der Waals surface area contributed by atoms with Crippen molar-refractivity contribution < 1.29 is 19.0 Å². The van der Waals surface area contributed by atoms with Gasteiger partial charge in [0, 0.05) is 24.8 Å².